The smallest absolute Gasteiger partial charge is 0.264 e. The topological polar surface area (TPSA) is 66.1 Å². The molecule has 0 aliphatic heterocycles. The number of nitrogens with one attached hydrogen (secondary N) is 1. The number of benzene rings is 2. The number of aromatic nitrogens is 2. The average molecular weight is 301 g/mol. The van der Waals surface area contributed by atoms with Crippen molar-refractivity contribution in [3.8, 4) is 0 Å². The Morgan fingerprint density at radius 2 is 1.81 bits per heavy atom. The molecule has 0 saturated heterocycles. The van der Waals surface area contributed by atoms with Crippen molar-refractivity contribution in [2.45, 2.75) is 11.8 Å². The van der Waals surface area contributed by atoms with E-state index in [-0.39, 0.29) is 4.90 Å². The minimum atomic E-state index is -3.59. The van der Waals surface area contributed by atoms with Crippen LogP contribution in [0.4, 0.5) is 5.69 Å². The van der Waals surface area contributed by atoms with E-state index in [1.807, 2.05) is 25.1 Å². The highest BCUT2D eigenvalue weighted by Gasteiger charge is 2.21. The first kappa shape index (κ1) is 13.6. The van der Waals surface area contributed by atoms with Crippen LogP contribution in [0, 0.1) is 6.92 Å². The van der Waals surface area contributed by atoms with E-state index in [0.717, 1.165) is 16.9 Å². The van der Waals surface area contributed by atoms with Crippen molar-refractivity contribution in [2.24, 2.45) is 0 Å². The SMILES string of the molecule is Cc1nc2ccc(S(=O)(=O)N(C)c3ccccc3)cc2[nH]1. The van der Waals surface area contributed by atoms with Crippen LogP contribution in [0.15, 0.2) is 53.4 Å². The third kappa shape index (κ3) is 2.38. The lowest BCUT2D eigenvalue weighted by Gasteiger charge is -2.19. The Kier molecular flexibility index (Phi) is 3.17. The Hall–Kier alpha value is -2.34. The molecule has 6 heteroatoms. The maximum absolute atomic E-state index is 12.7. The molecule has 0 amide bonds. The molecule has 0 spiro atoms. The maximum atomic E-state index is 12.7. The fourth-order valence-corrected chi connectivity index (χ4v) is 3.43. The van der Waals surface area contributed by atoms with Crippen molar-refractivity contribution >= 4 is 26.7 Å². The molecule has 1 N–H and O–H groups in total. The molecule has 0 radical (unpaired) electrons. The molecule has 0 unspecified atom stereocenters. The number of anilines is 1. The number of fused-ring (bicyclic) bond motifs is 1. The Bertz CT molecular complexity index is 886. The van der Waals surface area contributed by atoms with Gasteiger partial charge in [-0.05, 0) is 37.3 Å². The van der Waals surface area contributed by atoms with Crippen LogP contribution in [0.25, 0.3) is 11.0 Å². The molecule has 1 aromatic heterocycles. The molecule has 108 valence electrons. The summed E-state index contributed by atoms with van der Waals surface area (Å²) in [6.45, 7) is 1.84. The summed E-state index contributed by atoms with van der Waals surface area (Å²) in [6, 6.07) is 13.9. The molecule has 3 aromatic rings. The molecule has 0 bridgehead atoms. The summed E-state index contributed by atoms with van der Waals surface area (Å²) in [5, 5.41) is 0. The lowest BCUT2D eigenvalue weighted by Crippen LogP contribution is -2.26. The first-order valence-corrected chi connectivity index (χ1v) is 7.93. The largest absolute Gasteiger partial charge is 0.342 e. The first-order valence-electron chi connectivity index (χ1n) is 6.49. The van der Waals surface area contributed by atoms with Gasteiger partial charge in [-0.2, -0.15) is 0 Å². The Balaban J connectivity index is 2.07. The van der Waals surface area contributed by atoms with Gasteiger partial charge in [-0.15, -0.1) is 0 Å². The van der Waals surface area contributed by atoms with Crippen LogP contribution in [0.1, 0.15) is 5.82 Å². The van der Waals surface area contributed by atoms with Crippen molar-refractivity contribution in [3.05, 3.63) is 54.4 Å². The summed E-state index contributed by atoms with van der Waals surface area (Å²) in [6.07, 6.45) is 0. The molecule has 3 rings (SSSR count). The number of aromatic amines is 1. The van der Waals surface area contributed by atoms with Crippen molar-refractivity contribution in [1.82, 2.24) is 9.97 Å². The minimum absolute atomic E-state index is 0.241. The highest BCUT2D eigenvalue weighted by molar-refractivity contribution is 7.92. The van der Waals surface area contributed by atoms with Crippen LogP contribution in [0.5, 0.6) is 0 Å². The summed E-state index contributed by atoms with van der Waals surface area (Å²) < 4.78 is 26.6. The van der Waals surface area contributed by atoms with Crippen molar-refractivity contribution < 1.29 is 8.42 Å². The molecule has 0 aliphatic carbocycles. The number of sulfonamides is 1. The molecule has 0 saturated carbocycles. The third-order valence-electron chi connectivity index (χ3n) is 3.35. The fraction of sp³-hybridized carbons (Fsp3) is 0.133. The van der Waals surface area contributed by atoms with Gasteiger partial charge in [0.25, 0.3) is 10.0 Å². The van der Waals surface area contributed by atoms with Gasteiger partial charge in [0.15, 0.2) is 0 Å². The summed E-state index contributed by atoms with van der Waals surface area (Å²) in [4.78, 5) is 7.57. The predicted octanol–water partition coefficient (Wildman–Crippen LogP) is 2.70. The zero-order valence-electron chi connectivity index (χ0n) is 11.7. The van der Waals surface area contributed by atoms with Crippen molar-refractivity contribution in [3.63, 3.8) is 0 Å². The standard InChI is InChI=1S/C15H15N3O2S/c1-11-16-14-9-8-13(10-15(14)17-11)21(19,20)18(2)12-6-4-3-5-7-12/h3-10H,1-2H3,(H,16,17). The van der Waals surface area contributed by atoms with E-state index in [0.29, 0.717) is 5.69 Å². The maximum Gasteiger partial charge on any atom is 0.264 e. The Morgan fingerprint density at radius 1 is 1.10 bits per heavy atom. The zero-order chi connectivity index (χ0) is 15.0. The number of hydrogen-bond donors (Lipinski definition) is 1. The molecule has 21 heavy (non-hydrogen) atoms. The third-order valence-corrected chi connectivity index (χ3v) is 5.13. The Morgan fingerprint density at radius 3 is 2.52 bits per heavy atom. The molecular weight excluding hydrogens is 286 g/mol. The van der Waals surface area contributed by atoms with E-state index < -0.39 is 10.0 Å². The van der Waals surface area contributed by atoms with Gasteiger partial charge < -0.3 is 4.98 Å². The van der Waals surface area contributed by atoms with Gasteiger partial charge in [0.2, 0.25) is 0 Å². The number of para-hydroxylation sites is 1. The van der Waals surface area contributed by atoms with E-state index >= 15 is 0 Å². The highest BCUT2D eigenvalue weighted by atomic mass is 32.2. The van der Waals surface area contributed by atoms with Gasteiger partial charge >= 0.3 is 0 Å². The minimum Gasteiger partial charge on any atom is -0.342 e. The van der Waals surface area contributed by atoms with Gasteiger partial charge in [0.05, 0.1) is 21.6 Å². The van der Waals surface area contributed by atoms with Crippen LogP contribution in [-0.4, -0.2) is 25.4 Å². The van der Waals surface area contributed by atoms with Crippen molar-refractivity contribution in [1.29, 1.82) is 0 Å². The second-order valence-electron chi connectivity index (χ2n) is 4.81. The van der Waals surface area contributed by atoms with Crippen LogP contribution in [0.2, 0.25) is 0 Å². The lowest BCUT2D eigenvalue weighted by atomic mass is 10.3. The molecule has 5 nitrogen and oxygen atoms in total. The summed E-state index contributed by atoms with van der Waals surface area (Å²) in [5.74, 6) is 0.760. The van der Waals surface area contributed by atoms with Gasteiger partial charge in [0, 0.05) is 7.05 Å². The number of nitrogens with zero attached hydrogens (tertiary/aromatic N) is 2. The molecule has 0 atom stereocenters. The zero-order valence-corrected chi connectivity index (χ0v) is 12.6. The van der Waals surface area contributed by atoms with Gasteiger partial charge in [-0.25, -0.2) is 13.4 Å². The van der Waals surface area contributed by atoms with Crippen molar-refractivity contribution in [2.75, 3.05) is 11.4 Å². The number of imidazole rings is 1. The van der Waals surface area contributed by atoms with Gasteiger partial charge in [-0.3, -0.25) is 4.31 Å². The fourth-order valence-electron chi connectivity index (χ4n) is 2.21. The molecule has 0 aliphatic rings. The molecule has 2 aromatic carbocycles. The Labute approximate surface area is 123 Å². The number of aryl methyl sites for hydroxylation is 1. The van der Waals surface area contributed by atoms with E-state index in [1.54, 1.807) is 37.4 Å². The van der Waals surface area contributed by atoms with Crippen LogP contribution in [-0.2, 0) is 10.0 Å². The van der Waals surface area contributed by atoms with Gasteiger partial charge in [0.1, 0.15) is 5.82 Å². The predicted molar refractivity (Wildman–Crippen MR) is 82.9 cm³/mol. The van der Waals surface area contributed by atoms with E-state index in [4.69, 9.17) is 0 Å². The molecule has 0 fully saturated rings. The summed E-state index contributed by atoms with van der Waals surface area (Å²) in [7, 11) is -2.04. The van der Waals surface area contributed by atoms with E-state index in [2.05, 4.69) is 9.97 Å². The summed E-state index contributed by atoms with van der Waals surface area (Å²) in [5.41, 5.74) is 2.10. The highest BCUT2D eigenvalue weighted by Crippen LogP contribution is 2.24. The second kappa shape index (κ2) is 4.89. The second-order valence-corrected chi connectivity index (χ2v) is 6.78. The average Bonchev–Trinajstić information content (AvgIpc) is 2.86. The quantitative estimate of drug-likeness (QED) is 0.809. The van der Waals surface area contributed by atoms with Crippen LogP contribution in [0.3, 0.4) is 0 Å². The number of H-pyrrole nitrogens is 1. The van der Waals surface area contributed by atoms with Gasteiger partial charge in [-0.1, -0.05) is 18.2 Å². The lowest BCUT2D eigenvalue weighted by molar-refractivity contribution is 0.594. The normalized spacial score (nSPS) is 11.7. The van der Waals surface area contributed by atoms with E-state index in [9.17, 15) is 8.42 Å². The summed E-state index contributed by atoms with van der Waals surface area (Å²) >= 11 is 0. The van der Waals surface area contributed by atoms with Crippen LogP contribution >= 0.6 is 0 Å². The van der Waals surface area contributed by atoms with Crippen LogP contribution < -0.4 is 4.31 Å². The monoisotopic (exact) mass is 301 g/mol. The first-order chi connectivity index (χ1) is 9.98. The van der Waals surface area contributed by atoms with E-state index in [1.165, 1.54) is 4.31 Å². The molecule has 1 heterocycles. The number of hydrogen-bond acceptors (Lipinski definition) is 3. The molecular formula is C15H15N3O2S. The number of rotatable bonds is 3.